The first-order chi connectivity index (χ1) is 13.1. The van der Waals surface area contributed by atoms with Crippen LogP contribution in [0.3, 0.4) is 0 Å². The van der Waals surface area contributed by atoms with Gasteiger partial charge in [0, 0.05) is 24.3 Å². The lowest BCUT2D eigenvalue weighted by Crippen LogP contribution is -2.50. The molecule has 0 saturated carbocycles. The number of nitrogens with zero attached hydrogens (tertiary/aromatic N) is 4. The minimum absolute atomic E-state index is 0.190. The van der Waals surface area contributed by atoms with Gasteiger partial charge in [0.15, 0.2) is 0 Å². The number of hydrogen-bond acceptors (Lipinski definition) is 5. The van der Waals surface area contributed by atoms with Gasteiger partial charge in [-0.3, -0.25) is 4.90 Å². The average molecular weight is 385 g/mol. The molecule has 5 nitrogen and oxygen atoms in total. The Kier molecular flexibility index (Phi) is 4.34. The molecule has 2 saturated heterocycles. The number of aliphatic hydroxyl groups excluding tert-OH is 1. The summed E-state index contributed by atoms with van der Waals surface area (Å²) in [6.07, 6.45) is 7.71. The molecule has 5 rings (SSSR count). The van der Waals surface area contributed by atoms with E-state index in [1.54, 1.807) is 12.5 Å². The van der Waals surface area contributed by atoms with Gasteiger partial charge in [-0.1, -0.05) is 17.7 Å². The summed E-state index contributed by atoms with van der Waals surface area (Å²) in [7, 11) is 0. The van der Waals surface area contributed by atoms with E-state index >= 15 is 0 Å². The predicted octanol–water partition coefficient (Wildman–Crippen LogP) is 2.56. The monoisotopic (exact) mass is 384 g/mol. The van der Waals surface area contributed by atoms with Crippen LogP contribution in [0.2, 0.25) is 5.02 Å². The van der Waals surface area contributed by atoms with Gasteiger partial charge in [-0.15, -0.1) is 0 Å². The highest BCUT2D eigenvalue weighted by molar-refractivity contribution is 6.30. The van der Waals surface area contributed by atoms with Gasteiger partial charge >= 0.3 is 0 Å². The highest BCUT2D eigenvalue weighted by Crippen LogP contribution is 2.45. The standard InChI is InChI=1S/C21H25ClN4O/c22-17-2-1-15-10-21(11-16(15)9-17)4-7-25(8-5-21)18-12-26(13-19(18)27)20-3-6-23-14-24-20/h1-3,6,9,14,18-19,27H,4-5,7-8,10-13H2. The molecule has 1 aliphatic carbocycles. The first-order valence-electron chi connectivity index (χ1n) is 9.82. The van der Waals surface area contributed by atoms with Crippen molar-refractivity contribution in [2.24, 2.45) is 5.41 Å². The Hall–Kier alpha value is -1.69. The van der Waals surface area contributed by atoms with Crippen LogP contribution in [0, 0.1) is 5.41 Å². The summed E-state index contributed by atoms with van der Waals surface area (Å²) in [6.45, 7) is 3.59. The zero-order valence-corrected chi connectivity index (χ0v) is 16.1. The van der Waals surface area contributed by atoms with E-state index in [9.17, 15) is 5.11 Å². The highest BCUT2D eigenvalue weighted by atomic mass is 35.5. The lowest BCUT2D eigenvalue weighted by atomic mass is 9.75. The van der Waals surface area contributed by atoms with E-state index in [4.69, 9.17) is 11.6 Å². The lowest BCUT2D eigenvalue weighted by molar-refractivity contribution is 0.0338. The Morgan fingerprint density at radius 3 is 2.67 bits per heavy atom. The van der Waals surface area contributed by atoms with Gasteiger partial charge in [0.1, 0.15) is 12.1 Å². The molecule has 3 heterocycles. The fourth-order valence-corrected chi connectivity index (χ4v) is 5.47. The summed E-state index contributed by atoms with van der Waals surface area (Å²) in [5.74, 6) is 0.906. The average Bonchev–Trinajstić information content (AvgIpc) is 3.23. The molecule has 142 valence electrons. The van der Waals surface area contributed by atoms with Crippen LogP contribution in [0.1, 0.15) is 24.0 Å². The first-order valence-corrected chi connectivity index (χ1v) is 10.2. The van der Waals surface area contributed by atoms with Crippen LogP contribution in [0.25, 0.3) is 0 Å². The van der Waals surface area contributed by atoms with E-state index in [0.29, 0.717) is 12.0 Å². The Bertz CT molecular complexity index is 822. The molecule has 2 fully saturated rings. The number of anilines is 1. The van der Waals surface area contributed by atoms with E-state index in [-0.39, 0.29) is 12.1 Å². The summed E-state index contributed by atoms with van der Waals surface area (Å²) in [5.41, 5.74) is 3.30. The number of piperidine rings is 1. The number of aromatic nitrogens is 2. The van der Waals surface area contributed by atoms with E-state index in [1.807, 2.05) is 12.1 Å². The van der Waals surface area contributed by atoms with Crippen molar-refractivity contribution in [3.8, 4) is 0 Å². The maximum atomic E-state index is 10.7. The smallest absolute Gasteiger partial charge is 0.132 e. The number of fused-ring (bicyclic) bond motifs is 1. The van der Waals surface area contributed by atoms with Gasteiger partial charge in [0.25, 0.3) is 0 Å². The molecule has 1 aromatic carbocycles. The normalized spacial score (nSPS) is 27.3. The number of aliphatic hydroxyl groups is 1. The molecule has 0 radical (unpaired) electrons. The topological polar surface area (TPSA) is 52.5 Å². The van der Waals surface area contributed by atoms with Crippen LogP contribution in [-0.4, -0.2) is 58.3 Å². The third kappa shape index (κ3) is 3.22. The fourth-order valence-electron chi connectivity index (χ4n) is 5.27. The molecular formula is C21H25ClN4O. The predicted molar refractivity (Wildman–Crippen MR) is 106 cm³/mol. The van der Waals surface area contributed by atoms with Crippen molar-refractivity contribution in [3.05, 3.63) is 52.9 Å². The molecule has 2 unspecified atom stereocenters. The second-order valence-corrected chi connectivity index (χ2v) is 8.85. The molecular weight excluding hydrogens is 360 g/mol. The molecule has 1 aromatic heterocycles. The second-order valence-electron chi connectivity index (χ2n) is 8.41. The van der Waals surface area contributed by atoms with Gasteiger partial charge in [-0.05, 0) is 73.5 Å². The van der Waals surface area contributed by atoms with E-state index in [1.165, 1.54) is 30.4 Å². The highest BCUT2D eigenvalue weighted by Gasteiger charge is 2.43. The molecule has 3 aliphatic rings. The summed E-state index contributed by atoms with van der Waals surface area (Å²) in [6, 6.07) is 8.49. The van der Waals surface area contributed by atoms with Gasteiger partial charge < -0.3 is 10.0 Å². The molecule has 27 heavy (non-hydrogen) atoms. The Morgan fingerprint density at radius 1 is 1.07 bits per heavy atom. The minimum atomic E-state index is -0.325. The SMILES string of the molecule is OC1CN(c2ccncn2)CC1N1CCC2(CC1)Cc1ccc(Cl)cc1C2. The third-order valence-electron chi connectivity index (χ3n) is 6.78. The zero-order valence-electron chi connectivity index (χ0n) is 15.4. The van der Waals surface area contributed by atoms with E-state index in [0.717, 1.165) is 36.9 Å². The molecule has 0 bridgehead atoms. The van der Waals surface area contributed by atoms with E-state index < -0.39 is 0 Å². The van der Waals surface area contributed by atoms with Crippen molar-refractivity contribution < 1.29 is 5.11 Å². The Balaban J connectivity index is 1.24. The van der Waals surface area contributed by atoms with Gasteiger partial charge in [-0.2, -0.15) is 0 Å². The zero-order chi connectivity index (χ0) is 18.4. The van der Waals surface area contributed by atoms with Crippen LogP contribution in [0.4, 0.5) is 5.82 Å². The number of rotatable bonds is 2. The lowest BCUT2D eigenvalue weighted by Gasteiger charge is -2.42. The number of likely N-dealkylation sites (tertiary alicyclic amines) is 1. The molecule has 2 atom stereocenters. The van der Waals surface area contributed by atoms with Crippen molar-refractivity contribution in [1.29, 1.82) is 0 Å². The largest absolute Gasteiger partial charge is 0.390 e. The quantitative estimate of drug-likeness (QED) is 0.862. The van der Waals surface area contributed by atoms with Crippen molar-refractivity contribution >= 4 is 17.4 Å². The van der Waals surface area contributed by atoms with Crippen molar-refractivity contribution in [2.45, 2.75) is 37.8 Å². The Labute approximate surface area is 165 Å². The minimum Gasteiger partial charge on any atom is -0.390 e. The summed E-state index contributed by atoms with van der Waals surface area (Å²) in [4.78, 5) is 13.0. The molecule has 1 N–H and O–H groups in total. The van der Waals surface area contributed by atoms with Crippen molar-refractivity contribution in [3.63, 3.8) is 0 Å². The van der Waals surface area contributed by atoms with Crippen molar-refractivity contribution in [2.75, 3.05) is 31.1 Å². The third-order valence-corrected chi connectivity index (χ3v) is 7.01. The summed E-state index contributed by atoms with van der Waals surface area (Å²) < 4.78 is 0. The van der Waals surface area contributed by atoms with Crippen LogP contribution in [-0.2, 0) is 12.8 Å². The summed E-state index contributed by atoms with van der Waals surface area (Å²) >= 11 is 6.19. The molecule has 2 aliphatic heterocycles. The number of halogens is 1. The molecule has 0 amide bonds. The van der Waals surface area contributed by atoms with Crippen LogP contribution >= 0.6 is 11.6 Å². The second kappa shape index (κ2) is 6.73. The van der Waals surface area contributed by atoms with Crippen molar-refractivity contribution in [1.82, 2.24) is 14.9 Å². The number of hydrogen-bond donors (Lipinski definition) is 1. The molecule has 6 heteroatoms. The van der Waals surface area contributed by atoms with Crippen LogP contribution < -0.4 is 4.90 Å². The maximum absolute atomic E-state index is 10.7. The number of β-amino-alcohol motifs (C(OH)–C–C–N with tert-alkyl or cyclic N) is 1. The van der Waals surface area contributed by atoms with Crippen LogP contribution in [0.15, 0.2) is 36.8 Å². The van der Waals surface area contributed by atoms with Crippen LogP contribution in [0.5, 0.6) is 0 Å². The molecule has 1 spiro atoms. The van der Waals surface area contributed by atoms with E-state index in [2.05, 4.69) is 31.9 Å². The summed E-state index contributed by atoms with van der Waals surface area (Å²) in [5, 5.41) is 11.5. The van der Waals surface area contributed by atoms with Gasteiger partial charge in [0.05, 0.1) is 12.1 Å². The first kappa shape index (κ1) is 17.4. The van der Waals surface area contributed by atoms with Gasteiger partial charge in [0.2, 0.25) is 0 Å². The number of benzene rings is 1. The Morgan fingerprint density at radius 2 is 1.89 bits per heavy atom. The van der Waals surface area contributed by atoms with Gasteiger partial charge in [-0.25, -0.2) is 9.97 Å². The fraction of sp³-hybridized carbons (Fsp3) is 0.524. The molecule has 2 aromatic rings. The maximum Gasteiger partial charge on any atom is 0.132 e.